The Bertz CT molecular complexity index is 247. The van der Waals surface area contributed by atoms with Crippen molar-refractivity contribution in [2.45, 2.75) is 17.9 Å². The molecule has 1 fully saturated rings. The maximum Gasteiger partial charge on any atom is 0.0989 e. The normalized spacial score (nSPS) is 29.1. The smallest absolute Gasteiger partial charge is 0.0989 e. The molecule has 1 aromatic carbocycles. The van der Waals surface area contributed by atoms with Crippen molar-refractivity contribution in [3.8, 4) is 0 Å². The largest absolute Gasteiger partial charge is 0.372 e. The minimum Gasteiger partial charge on any atom is -0.372 e. The Labute approximate surface area is 77.3 Å². The molecule has 1 aliphatic rings. The quantitative estimate of drug-likeness (QED) is 0.607. The molecule has 1 nitrogen and oxygen atoms in total. The molecule has 0 aromatic heterocycles. The summed E-state index contributed by atoms with van der Waals surface area (Å²) in [5.41, 5.74) is 1.19. The number of rotatable bonds is 1. The molecule has 12 heavy (non-hydrogen) atoms. The summed E-state index contributed by atoms with van der Waals surface area (Å²) in [6.45, 7) is 0.785. The van der Waals surface area contributed by atoms with Gasteiger partial charge < -0.3 is 4.74 Å². The van der Waals surface area contributed by atoms with E-state index in [2.05, 4.69) is 12.1 Å². The van der Waals surface area contributed by atoms with E-state index in [0.717, 1.165) is 13.0 Å². The van der Waals surface area contributed by atoms with Gasteiger partial charge in [-0.05, 0) is 12.0 Å². The zero-order valence-electron chi connectivity index (χ0n) is 6.74. The first-order chi connectivity index (χ1) is 5.88. The van der Waals surface area contributed by atoms with E-state index >= 15 is 0 Å². The maximum absolute atomic E-state index is 6.09. The highest BCUT2D eigenvalue weighted by Crippen LogP contribution is 2.32. The third-order valence-corrected chi connectivity index (χ3v) is 2.59. The van der Waals surface area contributed by atoms with Crippen LogP contribution in [0, 0.1) is 0 Å². The standard InChI is InChI=1S/C10H11ClO/c11-9-6-7-12-10(9)8-4-2-1-3-5-8/h1-5,9-10H,6-7H2/t9-,10+/m1/s1. The van der Waals surface area contributed by atoms with Gasteiger partial charge >= 0.3 is 0 Å². The van der Waals surface area contributed by atoms with Crippen LogP contribution in [0.3, 0.4) is 0 Å². The first-order valence-corrected chi connectivity index (χ1v) is 4.62. The summed E-state index contributed by atoms with van der Waals surface area (Å²) >= 11 is 6.09. The van der Waals surface area contributed by atoms with Crippen molar-refractivity contribution in [2.24, 2.45) is 0 Å². The Morgan fingerprint density at radius 2 is 2.00 bits per heavy atom. The van der Waals surface area contributed by atoms with Crippen LogP contribution in [-0.4, -0.2) is 12.0 Å². The van der Waals surface area contributed by atoms with E-state index in [-0.39, 0.29) is 11.5 Å². The van der Waals surface area contributed by atoms with Gasteiger partial charge in [0.15, 0.2) is 0 Å². The summed E-state index contributed by atoms with van der Waals surface area (Å²) in [5.74, 6) is 0. The van der Waals surface area contributed by atoms with Crippen molar-refractivity contribution in [3.05, 3.63) is 35.9 Å². The average Bonchev–Trinajstić information content (AvgIpc) is 2.53. The van der Waals surface area contributed by atoms with Gasteiger partial charge in [-0.25, -0.2) is 0 Å². The van der Waals surface area contributed by atoms with E-state index in [1.165, 1.54) is 5.56 Å². The Kier molecular flexibility index (Phi) is 2.33. The Morgan fingerprint density at radius 3 is 2.58 bits per heavy atom. The van der Waals surface area contributed by atoms with Gasteiger partial charge in [0, 0.05) is 6.61 Å². The van der Waals surface area contributed by atoms with Crippen molar-refractivity contribution in [2.75, 3.05) is 6.61 Å². The molecule has 2 atom stereocenters. The van der Waals surface area contributed by atoms with E-state index < -0.39 is 0 Å². The van der Waals surface area contributed by atoms with Crippen molar-refractivity contribution < 1.29 is 4.74 Å². The Morgan fingerprint density at radius 1 is 1.25 bits per heavy atom. The van der Waals surface area contributed by atoms with Crippen molar-refractivity contribution in [3.63, 3.8) is 0 Å². The van der Waals surface area contributed by atoms with E-state index in [0.29, 0.717) is 0 Å². The molecule has 2 rings (SSSR count). The van der Waals surface area contributed by atoms with Crippen LogP contribution in [0.1, 0.15) is 18.1 Å². The average molecular weight is 183 g/mol. The molecule has 0 radical (unpaired) electrons. The molecule has 0 spiro atoms. The van der Waals surface area contributed by atoms with Crippen molar-refractivity contribution in [1.29, 1.82) is 0 Å². The second-order valence-corrected chi connectivity index (χ2v) is 3.57. The fraction of sp³-hybridized carbons (Fsp3) is 0.400. The van der Waals surface area contributed by atoms with Gasteiger partial charge in [0.25, 0.3) is 0 Å². The van der Waals surface area contributed by atoms with Crippen LogP contribution in [0.15, 0.2) is 30.3 Å². The van der Waals surface area contributed by atoms with Crippen LogP contribution in [-0.2, 0) is 4.74 Å². The number of alkyl halides is 1. The molecule has 0 amide bonds. The summed E-state index contributed by atoms with van der Waals surface area (Å²) in [7, 11) is 0. The van der Waals surface area contributed by atoms with Crippen LogP contribution < -0.4 is 0 Å². The minimum atomic E-state index is 0.105. The summed E-state index contributed by atoms with van der Waals surface area (Å²) in [6, 6.07) is 10.2. The predicted octanol–water partition coefficient (Wildman–Crippen LogP) is 2.76. The third kappa shape index (κ3) is 1.47. The summed E-state index contributed by atoms with van der Waals surface area (Å²) in [5, 5.41) is 0.146. The van der Waals surface area contributed by atoms with Gasteiger partial charge in [-0.15, -0.1) is 11.6 Å². The molecule has 64 valence electrons. The number of ether oxygens (including phenoxy) is 1. The van der Waals surface area contributed by atoms with Gasteiger partial charge in [-0.3, -0.25) is 0 Å². The molecule has 2 heteroatoms. The molecule has 0 unspecified atom stereocenters. The lowest BCUT2D eigenvalue weighted by Gasteiger charge is -2.12. The first kappa shape index (κ1) is 8.09. The zero-order chi connectivity index (χ0) is 8.39. The lowest BCUT2D eigenvalue weighted by Crippen LogP contribution is -2.05. The predicted molar refractivity (Wildman–Crippen MR) is 49.4 cm³/mol. The second-order valence-electron chi connectivity index (χ2n) is 3.01. The molecule has 1 aliphatic heterocycles. The first-order valence-electron chi connectivity index (χ1n) is 4.18. The lowest BCUT2D eigenvalue weighted by atomic mass is 10.1. The Balaban J connectivity index is 2.19. The molecular weight excluding hydrogens is 172 g/mol. The lowest BCUT2D eigenvalue weighted by molar-refractivity contribution is 0.113. The summed E-state index contributed by atoms with van der Waals surface area (Å²) < 4.78 is 5.52. The second kappa shape index (κ2) is 3.46. The number of hydrogen-bond donors (Lipinski definition) is 0. The number of benzene rings is 1. The topological polar surface area (TPSA) is 9.23 Å². The molecule has 1 heterocycles. The monoisotopic (exact) mass is 182 g/mol. The number of hydrogen-bond acceptors (Lipinski definition) is 1. The van der Waals surface area contributed by atoms with E-state index in [4.69, 9.17) is 16.3 Å². The summed E-state index contributed by atoms with van der Waals surface area (Å²) in [4.78, 5) is 0. The molecule has 1 saturated heterocycles. The van der Waals surface area contributed by atoms with Crippen LogP contribution >= 0.6 is 11.6 Å². The zero-order valence-corrected chi connectivity index (χ0v) is 7.50. The van der Waals surface area contributed by atoms with Crippen LogP contribution in [0.5, 0.6) is 0 Å². The summed E-state index contributed by atoms with van der Waals surface area (Å²) in [6.07, 6.45) is 1.06. The molecule has 0 bridgehead atoms. The van der Waals surface area contributed by atoms with Crippen LogP contribution in [0.4, 0.5) is 0 Å². The fourth-order valence-corrected chi connectivity index (χ4v) is 1.82. The third-order valence-electron chi connectivity index (χ3n) is 2.15. The maximum atomic E-state index is 6.09. The minimum absolute atomic E-state index is 0.105. The molecule has 0 saturated carbocycles. The van der Waals surface area contributed by atoms with Crippen LogP contribution in [0.25, 0.3) is 0 Å². The molecule has 0 N–H and O–H groups in total. The van der Waals surface area contributed by atoms with E-state index in [1.807, 2.05) is 18.2 Å². The SMILES string of the molecule is Cl[C@@H]1CCO[C@H]1c1ccccc1. The van der Waals surface area contributed by atoms with E-state index in [9.17, 15) is 0 Å². The molecule has 0 aliphatic carbocycles. The highest BCUT2D eigenvalue weighted by molar-refractivity contribution is 6.21. The highest BCUT2D eigenvalue weighted by atomic mass is 35.5. The van der Waals surface area contributed by atoms with Crippen LogP contribution in [0.2, 0.25) is 0 Å². The van der Waals surface area contributed by atoms with Gasteiger partial charge in [0.1, 0.15) is 0 Å². The van der Waals surface area contributed by atoms with Gasteiger partial charge in [-0.2, -0.15) is 0 Å². The van der Waals surface area contributed by atoms with E-state index in [1.54, 1.807) is 0 Å². The van der Waals surface area contributed by atoms with Crippen molar-refractivity contribution in [1.82, 2.24) is 0 Å². The highest BCUT2D eigenvalue weighted by Gasteiger charge is 2.27. The number of halogens is 1. The fourth-order valence-electron chi connectivity index (χ4n) is 1.51. The Hall–Kier alpha value is -0.530. The van der Waals surface area contributed by atoms with Gasteiger partial charge in [0.2, 0.25) is 0 Å². The molecular formula is C10H11ClO. The van der Waals surface area contributed by atoms with Gasteiger partial charge in [0.05, 0.1) is 11.5 Å². The van der Waals surface area contributed by atoms with Gasteiger partial charge in [-0.1, -0.05) is 30.3 Å². The van der Waals surface area contributed by atoms with Crippen molar-refractivity contribution >= 4 is 11.6 Å². The molecule has 1 aromatic rings.